The molecule has 0 bridgehead atoms. The highest BCUT2D eigenvalue weighted by molar-refractivity contribution is 6.30. The van der Waals surface area contributed by atoms with Crippen LogP contribution in [0.25, 0.3) is 11.4 Å². The van der Waals surface area contributed by atoms with E-state index in [1.54, 1.807) is 0 Å². The lowest BCUT2D eigenvalue weighted by atomic mass is 10.0. The lowest BCUT2D eigenvalue weighted by Crippen LogP contribution is -2.53. The van der Waals surface area contributed by atoms with Gasteiger partial charge >= 0.3 is 0 Å². The fourth-order valence-corrected chi connectivity index (χ4v) is 3.49. The predicted octanol–water partition coefficient (Wildman–Crippen LogP) is 3.71. The summed E-state index contributed by atoms with van der Waals surface area (Å²) in [5.41, 5.74) is 1.80. The second-order valence-corrected chi connectivity index (χ2v) is 7.74. The lowest BCUT2D eigenvalue weighted by Gasteiger charge is -2.43. The third kappa shape index (κ3) is 3.87. The molecule has 3 rings (SSSR count). The van der Waals surface area contributed by atoms with Gasteiger partial charge in [-0.1, -0.05) is 41.9 Å². The molecule has 6 heteroatoms. The minimum absolute atomic E-state index is 0.153. The molecule has 2 aromatic rings. The SMILES string of the molecule is CC(C)(C)N1CCN(C(C#N)c2[nH]c(-c3ccccc3)nc2Cl)CC1. The molecule has 0 saturated carbocycles. The molecular weight excluding hydrogens is 334 g/mol. The zero-order valence-corrected chi connectivity index (χ0v) is 15.7. The smallest absolute Gasteiger partial charge is 0.153 e. The summed E-state index contributed by atoms with van der Waals surface area (Å²) < 4.78 is 0. The molecule has 0 spiro atoms. The molecule has 132 valence electrons. The van der Waals surface area contributed by atoms with Crippen LogP contribution in [0.5, 0.6) is 0 Å². The standard InChI is InChI=1S/C19H24ClN5/c1-19(2,3)25-11-9-24(10-12-25)15(13-21)16-17(20)23-18(22-16)14-7-5-4-6-8-14/h4-8,15H,9-12H2,1-3H3,(H,22,23). The summed E-state index contributed by atoms with van der Waals surface area (Å²) in [6.07, 6.45) is 0. The third-order valence-corrected chi connectivity index (χ3v) is 5.04. The molecule has 0 aliphatic carbocycles. The highest BCUT2D eigenvalue weighted by Gasteiger charge is 2.31. The number of benzene rings is 1. The highest BCUT2D eigenvalue weighted by atomic mass is 35.5. The first-order chi connectivity index (χ1) is 11.9. The van der Waals surface area contributed by atoms with Crippen molar-refractivity contribution in [3.63, 3.8) is 0 Å². The van der Waals surface area contributed by atoms with Gasteiger partial charge in [-0.15, -0.1) is 0 Å². The summed E-state index contributed by atoms with van der Waals surface area (Å²) in [4.78, 5) is 12.3. The molecule has 1 aromatic heterocycles. The maximum absolute atomic E-state index is 9.75. The molecule has 5 nitrogen and oxygen atoms in total. The number of halogens is 1. The number of H-pyrrole nitrogens is 1. The Balaban J connectivity index is 1.79. The second kappa shape index (κ2) is 7.17. The number of aromatic nitrogens is 2. The Morgan fingerprint density at radius 1 is 1.16 bits per heavy atom. The van der Waals surface area contributed by atoms with Gasteiger partial charge in [0.15, 0.2) is 5.15 Å². The van der Waals surface area contributed by atoms with Crippen molar-refractivity contribution in [2.45, 2.75) is 32.4 Å². The van der Waals surface area contributed by atoms with Crippen LogP contribution in [-0.2, 0) is 0 Å². The first kappa shape index (κ1) is 17.9. The van der Waals surface area contributed by atoms with Crippen molar-refractivity contribution < 1.29 is 0 Å². The number of hydrogen-bond acceptors (Lipinski definition) is 4. The topological polar surface area (TPSA) is 59.0 Å². The summed E-state index contributed by atoms with van der Waals surface area (Å²) >= 11 is 6.36. The molecule has 0 radical (unpaired) electrons. The Bertz CT molecular complexity index is 748. The molecule has 25 heavy (non-hydrogen) atoms. The van der Waals surface area contributed by atoms with E-state index in [9.17, 15) is 5.26 Å². The normalized spacial score (nSPS) is 18.0. The second-order valence-electron chi connectivity index (χ2n) is 7.38. The number of hydrogen-bond donors (Lipinski definition) is 1. The molecule has 1 fully saturated rings. The molecule has 1 aromatic carbocycles. The van der Waals surface area contributed by atoms with Crippen molar-refractivity contribution >= 4 is 11.6 Å². The molecule has 0 amide bonds. The molecule has 1 saturated heterocycles. The number of nitrogens with zero attached hydrogens (tertiary/aromatic N) is 4. The van der Waals surface area contributed by atoms with Crippen LogP contribution in [0.3, 0.4) is 0 Å². The summed E-state index contributed by atoms with van der Waals surface area (Å²) in [6, 6.07) is 11.8. The van der Waals surface area contributed by atoms with E-state index in [0.717, 1.165) is 31.7 Å². The number of nitriles is 1. The van der Waals surface area contributed by atoms with Crippen LogP contribution < -0.4 is 0 Å². The monoisotopic (exact) mass is 357 g/mol. The summed E-state index contributed by atoms with van der Waals surface area (Å²) in [6.45, 7) is 10.2. The van der Waals surface area contributed by atoms with Crippen LogP contribution in [0.1, 0.15) is 32.5 Å². The molecule has 1 aliphatic heterocycles. The van der Waals surface area contributed by atoms with Crippen LogP contribution in [0.15, 0.2) is 30.3 Å². The van der Waals surface area contributed by atoms with Gasteiger partial charge in [-0.3, -0.25) is 9.80 Å². The maximum Gasteiger partial charge on any atom is 0.153 e. The first-order valence-electron chi connectivity index (χ1n) is 8.59. The molecule has 1 N–H and O–H groups in total. The molecular formula is C19H24ClN5. The number of rotatable bonds is 3. The van der Waals surface area contributed by atoms with E-state index < -0.39 is 6.04 Å². The van der Waals surface area contributed by atoms with E-state index in [2.05, 4.69) is 46.6 Å². The van der Waals surface area contributed by atoms with Gasteiger partial charge in [0.2, 0.25) is 0 Å². The van der Waals surface area contributed by atoms with Gasteiger partial charge in [0, 0.05) is 37.3 Å². The minimum Gasteiger partial charge on any atom is -0.338 e. The number of nitrogens with one attached hydrogen (secondary N) is 1. The molecule has 1 atom stereocenters. The first-order valence-corrected chi connectivity index (χ1v) is 8.97. The largest absolute Gasteiger partial charge is 0.338 e. The number of imidazole rings is 1. The zero-order chi connectivity index (χ0) is 18.0. The fourth-order valence-electron chi connectivity index (χ4n) is 3.26. The van der Waals surface area contributed by atoms with Crippen molar-refractivity contribution in [3.8, 4) is 17.5 Å². The van der Waals surface area contributed by atoms with Crippen LogP contribution in [0.2, 0.25) is 5.15 Å². The Labute approximate surface area is 154 Å². The Hall–Kier alpha value is -1.87. The van der Waals surface area contributed by atoms with E-state index >= 15 is 0 Å². The third-order valence-electron chi connectivity index (χ3n) is 4.76. The van der Waals surface area contributed by atoms with Crippen molar-refractivity contribution in [2.75, 3.05) is 26.2 Å². The summed E-state index contributed by atoms with van der Waals surface area (Å²) in [5, 5.41) is 10.1. The van der Waals surface area contributed by atoms with Gasteiger partial charge in [0.25, 0.3) is 0 Å². The van der Waals surface area contributed by atoms with Gasteiger partial charge in [-0.2, -0.15) is 5.26 Å². The maximum atomic E-state index is 9.75. The molecule has 2 heterocycles. The average molecular weight is 358 g/mol. The molecule has 1 aliphatic rings. The molecule has 1 unspecified atom stereocenters. The van der Waals surface area contributed by atoms with Crippen molar-refractivity contribution in [1.82, 2.24) is 19.8 Å². The van der Waals surface area contributed by atoms with Crippen molar-refractivity contribution in [1.29, 1.82) is 5.26 Å². The van der Waals surface area contributed by atoms with E-state index in [0.29, 0.717) is 16.7 Å². The van der Waals surface area contributed by atoms with Crippen molar-refractivity contribution in [2.24, 2.45) is 0 Å². The lowest BCUT2D eigenvalue weighted by molar-refractivity contribution is 0.0514. The average Bonchev–Trinajstić information content (AvgIpc) is 2.98. The van der Waals surface area contributed by atoms with Gasteiger partial charge in [0.1, 0.15) is 11.9 Å². The summed E-state index contributed by atoms with van der Waals surface area (Å²) in [5.74, 6) is 0.703. The Kier molecular flexibility index (Phi) is 5.14. The van der Waals surface area contributed by atoms with Gasteiger partial charge < -0.3 is 4.98 Å². The van der Waals surface area contributed by atoms with Crippen LogP contribution >= 0.6 is 11.6 Å². The Morgan fingerprint density at radius 3 is 2.36 bits per heavy atom. The van der Waals surface area contributed by atoms with Gasteiger partial charge in [-0.05, 0) is 20.8 Å². The van der Waals surface area contributed by atoms with E-state index in [4.69, 9.17) is 11.6 Å². The Morgan fingerprint density at radius 2 is 1.80 bits per heavy atom. The number of piperazine rings is 1. The van der Waals surface area contributed by atoms with E-state index in [1.165, 1.54) is 0 Å². The van der Waals surface area contributed by atoms with Crippen LogP contribution in [0.4, 0.5) is 0 Å². The summed E-state index contributed by atoms with van der Waals surface area (Å²) in [7, 11) is 0. The quantitative estimate of drug-likeness (QED) is 0.909. The predicted molar refractivity (Wildman–Crippen MR) is 100 cm³/mol. The van der Waals surface area contributed by atoms with Crippen LogP contribution in [-0.4, -0.2) is 51.5 Å². The fraction of sp³-hybridized carbons (Fsp3) is 0.474. The van der Waals surface area contributed by atoms with E-state index in [-0.39, 0.29) is 5.54 Å². The minimum atomic E-state index is -0.403. The zero-order valence-electron chi connectivity index (χ0n) is 15.0. The van der Waals surface area contributed by atoms with E-state index in [1.807, 2.05) is 30.3 Å². The van der Waals surface area contributed by atoms with Gasteiger partial charge in [0.05, 0.1) is 11.8 Å². The highest BCUT2D eigenvalue weighted by Crippen LogP contribution is 2.30. The van der Waals surface area contributed by atoms with Gasteiger partial charge in [-0.25, -0.2) is 4.98 Å². The van der Waals surface area contributed by atoms with Crippen LogP contribution in [0, 0.1) is 11.3 Å². The van der Waals surface area contributed by atoms with Crippen molar-refractivity contribution in [3.05, 3.63) is 41.2 Å². The number of aromatic amines is 1.